The average molecular weight is 534 g/mol. The highest BCUT2D eigenvalue weighted by Crippen LogP contribution is 2.11. The molecular formula is C34H55N5. The molecule has 1 saturated heterocycles. The van der Waals surface area contributed by atoms with Crippen LogP contribution in [0.4, 0.5) is 0 Å². The molecule has 0 aliphatic carbocycles. The maximum Gasteiger partial charge on any atom is 0.0208 e. The number of hydrogen-bond donors (Lipinski definition) is 5. The number of likely N-dealkylation sites (N-methyl/N-ethyl adjacent to an activating group) is 1. The Balaban J connectivity index is 0.000000253. The van der Waals surface area contributed by atoms with Gasteiger partial charge in [0.1, 0.15) is 0 Å². The van der Waals surface area contributed by atoms with Crippen molar-refractivity contribution in [3.8, 4) is 0 Å². The number of nitrogens with one attached hydrogen (secondary N) is 5. The van der Waals surface area contributed by atoms with E-state index < -0.39 is 0 Å². The SMILES string of the molecule is C1CCCNCC1.CNC.CNCCc1ccccc1.CNCc1ccccc1.c1ccc2c(c1)CCNC2. The van der Waals surface area contributed by atoms with Gasteiger partial charge in [0.2, 0.25) is 0 Å². The molecule has 1 fully saturated rings. The summed E-state index contributed by atoms with van der Waals surface area (Å²) >= 11 is 0. The van der Waals surface area contributed by atoms with Gasteiger partial charge >= 0.3 is 0 Å². The van der Waals surface area contributed by atoms with Gasteiger partial charge in [-0.2, -0.15) is 0 Å². The maximum absolute atomic E-state index is 3.35. The number of fused-ring (bicyclic) bond motifs is 1. The van der Waals surface area contributed by atoms with Gasteiger partial charge in [0.05, 0.1) is 0 Å². The van der Waals surface area contributed by atoms with Crippen molar-refractivity contribution in [1.29, 1.82) is 0 Å². The van der Waals surface area contributed by atoms with Crippen LogP contribution in [0.1, 0.15) is 47.9 Å². The molecule has 0 atom stereocenters. The van der Waals surface area contributed by atoms with Gasteiger partial charge in [0, 0.05) is 13.1 Å². The molecule has 39 heavy (non-hydrogen) atoms. The van der Waals surface area contributed by atoms with Gasteiger partial charge in [-0.1, -0.05) is 97.8 Å². The van der Waals surface area contributed by atoms with Crippen molar-refractivity contribution in [2.75, 3.05) is 54.4 Å². The second-order valence-electron chi connectivity index (χ2n) is 9.71. The summed E-state index contributed by atoms with van der Waals surface area (Å²) in [6.45, 7) is 6.71. The Morgan fingerprint density at radius 1 is 0.564 bits per heavy atom. The maximum atomic E-state index is 3.35. The van der Waals surface area contributed by atoms with Gasteiger partial charge in [-0.05, 0) is 102 Å². The summed E-state index contributed by atoms with van der Waals surface area (Å²) in [7, 11) is 7.68. The fourth-order valence-corrected chi connectivity index (χ4v) is 4.11. The van der Waals surface area contributed by atoms with Crippen molar-refractivity contribution in [1.82, 2.24) is 26.6 Å². The zero-order chi connectivity index (χ0) is 28.2. The predicted molar refractivity (Wildman–Crippen MR) is 171 cm³/mol. The van der Waals surface area contributed by atoms with Crippen molar-refractivity contribution in [2.45, 2.75) is 51.6 Å². The van der Waals surface area contributed by atoms with E-state index in [0.29, 0.717) is 0 Å². The van der Waals surface area contributed by atoms with E-state index in [1.807, 2.05) is 52.5 Å². The van der Waals surface area contributed by atoms with Gasteiger partial charge < -0.3 is 26.6 Å². The standard InChI is InChI=1S/C9H11N.C9H13N.C8H11N.C6H13N.C2H7N/c1-2-4-9-7-10-6-5-8(9)3-1;1-10-8-7-9-5-3-2-4-6-9;1-9-7-8-5-3-2-4-6-8;1-2-4-6-7-5-3-1;1-3-2/h1-4,10H,5-7H2;2-6,10H,7-8H2,1H3;2-6,9H,7H2,1H3;7H,1-6H2;3H,1-2H3. The fraction of sp³-hybridized carbons (Fsp3) is 0.471. The number of benzene rings is 3. The molecule has 0 saturated carbocycles. The van der Waals surface area contributed by atoms with E-state index >= 15 is 0 Å². The van der Waals surface area contributed by atoms with Crippen LogP contribution in [0.15, 0.2) is 84.9 Å². The normalized spacial score (nSPS) is 13.6. The molecular weight excluding hydrogens is 478 g/mol. The van der Waals surface area contributed by atoms with E-state index in [1.54, 1.807) is 0 Å². The number of rotatable bonds is 5. The third-order valence-electron chi connectivity index (χ3n) is 6.19. The molecule has 0 bridgehead atoms. The first-order valence-electron chi connectivity index (χ1n) is 14.7. The first-order chi connectivity index (χ1) is 19.2. The van der Waals surface area contributed by atoms with Crippen molar-refractivity contribution in [2.24, 2.45) is 0 Å². The second-order valence-corrected chi connectivity index (χ2v) is 9.71. The van der Waals surface area contributed by atoms with Crippen LogP contribution in [0.25, 0.3) is 0 Å². The molecule has 5 nitrogen and oxygen atoms in total. The molecule has 0 radical (unpaired) electrons. The summed E-state index contributed by atoms with van der Waals surface area (Å²) in [6.07, 6.45) is 7.97. The van der Waals surface area contributed by atoms with Gasteiger partial charge in [-0.15, -0.1) is 0 Å². The molecule has 5 N–H and O–H groups in total. The van der Waals surface area contributed by atoms with Gasteiger partial charge in [0.15, 0.2) is 0 Å². The van der Waals surface area contributed by atoms with Crippen LogP contribution >= 0.6 is 0 Å². The van der Waals surface area contributed by atoms with Gasteiger partial charge in [-0.3, -0.25) is 0 Å². The quantitative estimate of drug-likeness (QED) is 0.313. The first kappa shape index (κ1) is 34.5. The van der Waals surface area contributed by atoms with Crippen molar-refractivity contribution >= 4 is 0 Å². The molecule has 0 aromatic heterocycles. The van der Waals surface area contributed by atoms with Crippen LogP contribution in [0.2, 0.25) is 0 Å². The summed E-state index contributed by atoms with van der Waals surface area (Å²) in [4.78, 5) is 0. The van der Waals surface area contributed by atoms with Crippen LogP contribution in [0, 0.1) is 0 Å². The predicted octanol–water partition coefficient (Wildman–Crippen LogP) is 5.17. The van der Waals surface area contributed by atoms with E-state index in [4.69, 9.17) is 0 Å². The minimum absolute atomic E-state index is 0.959. The fourth-order valence-electron chi connectivity index (χ4n) is 4.11. The summed E-state index contributed by atoms with van der Waals surface area (Å²) < 4.78 is 0. The molecule has 3 aromatic rings. The molecule has 0 amide bonds. The Bertz CT molecular complexity index is 857. The van der Waals surface area contributed by atoms with Crippen LogP contribution in [0.3, 0.4) is 0 Å². The van der Waals surface area contributed by atoms with Crippen molar-refractivity contribution in [3.05, 3.63) is 107 Å². The Hall–Kier alpha value is -2.54. The lowest BCUT2D eigenvalue weighted by Crippen LogP contribution is -2.23. The van der Waals surface area contributed by atoms with Crippen molar-refractivity contribution < 1.29 is 0 Å². The van der Waals surface area contributed by atoms with Crippen LogP contribution in [-0.2, 0) is 25.9 Å². The minimum atomic E-state index is 0.959. The van der Waals surface area contributed by atoms with Gasteiger partial charge in [0.25, 0.3) is 0 Å². The Labute approximate surface area is 239 Å². The molecule has 5 rings (SSSR count). The Morgan fingerprint density at radius 2 is 1.10 bits per heavy atom. The monoisotopic (exact) mass is 533 g/mol. The average Bonchev–Trinajstić information content (AvgIpc) is 3.32. The largest absolute Gasteiger partial charge is 0.323 e. The van der Waals surface area contributed by atoms with E-state index in [9.17, 15) is 0 Å². The smallest absolute Gasteiger partial charge is 0.0208 e. The van der Waals surface area contributed by atoms with E-state index in [0.717, 1.165) is 32.6 Å². The Kier molecular flexibility index (Phi) is 22.7. The molecule has 0 spiro atoms. The summed E-state index contributed by atoms with van der Waals surface area (Å²) in [5.74, 6) is 0. The van der Waals surface area contributed by atoms with Crippen LogP contribution in [-0.4, -0.2) is 54.4 Å². The third kappa shape index (κ3) is 19.2. The lowest BCUT2D eigenvalue weighted by molar-refractivity contribution is 0.644. The summed E-state index contributed by atoms with van der Waals surface area (Å²) in [5, 5.41) is 15.6. The minimum Gasteiger partial charge on any atom is -0.323 e. The van der Waals surface area contributed by atoms with E-state index in [-0.39, 0.29) is 0 Å². The van der Waals surface area contributed by atoms with E-state index in [2.05, 4.69) is 87.2 Å². The molecule has 5 heteroatoms. The topological polar surface area (TPSA) is 60.1 Å². The molecule has 2 aliphatic rings. The Morgan fingerprint density at radius 3 is 1.64 bits per heavy atom. The highest BCUT2D eigenvalue weighted by molar-refractivity contribution is 5.28. The molecule has 216 valence electrons. The van der Waals surface area contributed by atoms with E-state index in [1.165, 1.54) is 67.4 Å². The molecule has 0 unspecified atom stereocenters. The zero-order valence-corrected chi connectivity index (χ0v) is 25.1. The lowest BCUT2D eigenvalue weighted by atomic mass is 10.0. The van der Waals surface area contributed by atoms with Crippen LogP contribution in [0.5, 0.6) is 0 Å². The highest BCUT2D eigenvalue weighted by atomic mass is 14.9. The van der Waals surface area contributed by atoms with Gasteiger partial charge in [-0.25, -0.2) is 0 Å². The summed E-state index contributed by atoms with van der Waals surface area (Å²) in [5.41, 5.74) is 5.71. The lowest BCUT2D eigenvalue weighted by Gasteiger charge is -2.15. The van der Waals surface area contributed by atoms with Crippen molar-refractivity contribution in [3.63, 3.8) is 0 Å². The number of hydrogen-bond acceptors (Lipinski definition) is 5. The molecule has 3 aromatic carbocycles. The molecule has 2 aliphatic heterocycles. The second kappa shape index (κ2) is 25.7. The summed E-state index contributed by atoms with van der Waals surface area (Å²) in [6, 6.07) is 29.5. The van der Waals surface area contributed by atoms with Crippen LogP contribution < -0.4 is 26.6 Å². The third-order valence-corrected chi connectivity index (χ3v) is 6.19. The highest BCUT2D eigenvalue weighted by Gasteiger charge is 2.05. The first-order valence-corrected chi connectivity index (χ1v) is 14.7. The zero-order valence-electron chi connectivity index (χ0n) is 25.1. The molecule has 2 heterocycles.